The Balaban J connectivity index is 1.57. The molecule has 8 atom stereocenters. The van der Waals surface area contributed by atoms with Gasteiger partial charge in [-0.2, -0.15) is 13.2 Å². The summed E-state index contributed by atoms with van der Waals surface area (Å²) in [5.41, 5.74) is -0.935. The predicted octanol–water partition coefficient (Wildman–Crippen LogP) is 5.33. The van der Waals surface area contributed by atoms with Crippen LogP contribution in [0.15, 0.2) is 11.8 Å². The average molecular weight is 513 g/mol. The standard InChI is InChI=1S/C27H35F3O6/c1-14(31)35-17-9-10-25(3)16(11-17)5-6-18-19-7-8-20(26(19,4)13-22(34)24(18)25)21(33)12-23(27(28,29)30)36-15(2)32/h12,16-20,24H,5-11,13H2,1-4H3/b23-12+/t16-,17+,18+,19+,20-,24-,25+,26+/m1/s1. The molecular weight excluding hydrogens is 477 g/mol. The minimum Gasteiger partial charge on any atom is -0.463 e. The van der Waals surface area contributed by atoms with Gasteiger partial charge in [0.15, 0.2) is 5.78 Å². The first-order chi connectivity index (χ1) is 16.7. The van der Waals surface area contributed by atoms with Crippen LogP contribution < -0.4 is 0 Å². The molecule has 0 aromatic heterocycles. The Hall–Kier alpha value is -2.19. The number of carbonyl (C=O) groups excluding carboxylic acids is 4. The van der Waals surface area contributed by atoms with Crippen LogP contribution in [0.3, 0.4) is 0 Å². The number of esters is 2. The summed E-state index contributed by atoms with van der Waals surface area (Å²) in [5.74, 6) is -4.15. The fourth-order valence-corrected chi connectivity index (χ4v) is 8.40. The van der Waals surface area contributed by atoms with Gasteiger partial charge in [0, 0.05) is 38.2 Å². The van der Waals surface area contributed by atoms with Gasteiger partial charge in [0.1, 0.15) is 11.9 Å². The van der Waals surface area contributed by atoms with Crippen LogP contribution in [0.4, 0.5) is 13.2 Å². The summed E-state index contributed by atoms with van der Waals surface area (Å²) in [6.07, 6.45) is 0.540. The molecule has 0 heterocycles. The number of carbonyl (C=O) groups is 4. The molecule has 0 saturated heterocycles. The molecule has 4 aliphatic rings. The third kappa shape index (κ3) is 4.62. The molecule has 4 rings (SSSR count). The SMILES string of the molecule is CC(=O)O/C(=C/C(=O)[C@H]1CC[C@H]2[C@@H]3CC[C@@H]4C[C@@H](OC(C)=O)CC[C@]4(C)[C@H]3C(=O)C[C@]12C)C(F)(F)F. The Kier molecular flexibility index (Phi) is 6.92. The van der Waals surface area contributed by atoms with Gasteiger partial charge in [0.25, 0.3) is 0 Å². The molecule has 0 aromatic rings. The zero-order valence-corrected chi connectivity index (χ0v) is 21.3. The van der Waals surface area contributed by atoms with E-state index in [2.05, 4.69) is 11.7 Å². The summed E-state index contributed by atoms with van der Waals surface area (Å²) >= 11 is 0. The number of Topliss-reactive ketones (excluding diaryl/α,β-unsaturated/α-hetero) is 1. The summed E-state index contributed by atoms with van der Waals surface area (Å²) in [5, 5.41) is 0. The molecule has 0 unspecified atom stereocenters. The van der Waals surface area contributed by atoms with Gasteiger partial charge in [-0.15, -0.1) is 0 Å². The third-order valence-corrected chi connectivity index (χ3v) is 9.78. The largest absolute Gasteiger partial charge is 0.463 e. The minimum absolute atomic E-state index is 0.0644. The maximum absolute atomic E-state index is 13.7. The lowest BCUT2D eigenvalue weighted by atomic mass is 9.44. The van der Waals surface area contributed by atoms with Crippen molar-refractivity contribution in [2.24, 2.45) is 40.4 Å². The molecule has 6 nitrogen and oxygen atoms in total. The van der Waals surface area contributed by atoms with Crippen molar-refractivity contribution in [3.05, 3.63) is 11.8 Å². The van der Waals surface area contributed by atoms with Gasteiger partial charge in [-0.1, -0.05) is 13.8 Å². The number of rotatable bonds is 4. The van der Waals surface area contributed by atoms with Crippen LogP contribution >= 0.6 is 0 Å². The molecule has 9 heteroatoms. The lowest BCUT2D eigenvalue weighted by Gasteiger charge is -2.59. The number of ketones is 2. The number of hydrogen-bond acceptors (Lipinski definition) is 6. The van der Waals surface area contributed by atoms with Crippen LogP contribution in [0.1, 0.15) is 79.1 Å². The molecule has 4 fully saturated rings. The quantitative estimate of drug-likeness (QED) is 0.287. The molecule has 0 aliphatic heterocycles. The molecule has 4 aliphatic carbocycles. The minimum atomic E-state index is -4.97. The van der Waals surface area contributed by atoms with Crippen LogP contribution in [0.25, 0.3) is 0 Å². The first-order valence-electron chi connectivity index (χ1n) is 12.9. The molecule has 0 bridgehead atoms. The zero-order chi connectivity index (χ0) is 26.6. The lowest BCUT2D eigenvalue weighted by molar-refractivity contribution is -0.169. The molecule has 0 radical (unpaired) electrons. The molecular formula is C27H35F3O6. The molecule has 200 valence electrons. The first-order valence-corrected chi connectivity index (χ1v) is 12.9. The third-order valence-electron chi connectivity index (χ3n) is 9.78. The highest BCUT2D eigenvalue weighted by Crippen LogP contribution is 2.66. The van der Waals surface area contributed by atoms with Crippen LogP contribution in [0.2, 0.25) is 0 Å². The van der Waals surface area contributed by atoms with Gasteiger partial charge in [0.2, 0.25) is 5.76 Å². The van der Waals surface area contributed by atoms with Gasteiger partial charge in [-0.3, -0.25) is 19.2 Å². The van der Waals surface area contributed by atoms with Gasteiger partial charge < -0.3 is 9.47 Å². The maximum Gasteiger partial charge on any atom is 0.449 e. The van der Waals surface area contributed by atoms with Crippen molar-refractivity contribution < 1.29 is 41.8 Å². The van der Waals surface area contributed by atoms with E-state index in [0.29, 0.717) is 25.3 Å². The van der Waals surface area contributed by atoms with Crippen LogP contribution in [-0.4, -0.2) is 35.8 Å². The zero-order valence-electron chi connectivity index (χ0n) is 21.3. The van der Waals surface area contributed by atoms with E-state index in [1.807, 2.05) is 6.92 Å². The van der Waals surface area contributed by atoms with E-state index in [0.717, 1.165) is 32.6 Å². The van der Waals surface area contributed by atoms with Gasteiger partial charge in [-0.25, -0.2) is 0 Å². The Morgan fingerprint density at radius 3 is 2.28 bits per heavy atom. The van der Waals surface area contributed by atoms with E-state index in [1.165, 1.54) is 6.92 Å². The van der Waals surface area contributed by atoms with Gasteiger partial charge >= 0.3 is 18.1 Å². The number of alkyl halides is 3. The second-order valence-corrected chi connectivity index (χ2v) is 11.8. The van der Waals surface area contributed by atoms with Crippen LogP contribution in [0, 0.1) is 40.4 Å². The van der Waals surface area contributed by atoms with Crippen LogP contribution in [-0.2, 0) is 28.7 Å². The van der Waals surface area contributed by atoms with Crippen molar-refractivity contribution in [3.8, 4) is 0 Å². The van der Waals surface area contributed by atoms with Crippen molar-refractivity contribution in [3.63, 3.8) is 0 Å². The van der Waals surface area contributed by atoms with Crippen LogP contribution in [0.5, 0.6) is 0 Å². The number of halogens is 3. The number of hydrogen-bond donors (Lipinski definition) is 0. The highest BCUT2D eigenvalue weighted by atomic mass is 19.4. The fraction of sp³-hybridized carbons (Fsp3) is 0.778. The highest BCUT2D eigenvalue weighted by Gasteiger charge is 2.64. The summed E-state index contributed by atoms with van der Waals surface area (Å²) in [6.45, 7) is 6.31. The average Bonchev–Trinajstić information content (AvgIpc) is 3.08. The molecule has 0 N–H and O–H groups in total. The normalized spacial score (nSPS) is 40.5. The smallest absolute Gasteiger partial charge is 0.449 e. The lowest BCUT2D eigenvalue weighted by Crippen LogP contribution is -2.58. The molecule has 0 amide bonds. The molecule has 36 heavy (non-hydrogen) atoms. The van der Waals surface area contributed by atoms with Crippen molar-refractivity contribution in [1.29, 1.82) is 0 Å². The Morgan fingerprint density at radius 2 is 1.67 bits per heavy atom. The topological polar surface area (TPSA) is 86.7 Å². The predicted molar refractivity (Wildman–Crippen MR) is 122 cm³/mol. The van der Waals surface area contributed by atoms with E-state index in [4.69, 9.17) is 4.74 Å². The summed E-state index contributed by atoms with van der Waals surface area (Å²) in [7, 11) is 0. The van der Waals surface area contributed by atoms with Crippen molar-refractivity contribution in [2.75, 3.05) is 0 Å². The number of fused-ring (bicyclic) bond motifs is 5. The van der Waals surface area contributed by atoms with Gasteiger partial charge in [-0.05, 0) is 73.5 Å². The van der Waals surface area contributed by atoms with Gasteiger partial charge in [0.05, 0.1) is 0 Å². The Morgan fingerprint density at radius 1 is 0.972 bits per heavy atom. The monoisotopic (exact) mass is 512 g/mol. The summed E-state index contributed by atoms with van der Waals surface area (Å²) in [4.78, 5) is 49.5. The second-order valence-electron chi connectivity index (χ2n) is 11.8. The van der Waals surface area contributed by atoms with Crippen molar-refractivity contribution in [1.82, 2.24) is 0 Å². The summed E-state index contributed by atoms with van der Waals surface area (Å²) < 4.78 is 49.9. The van der Waals surface area contributed by atoms with E-state index < -0.39 is 35.0 Å². The molecule has 4 saturated carbocycles. The second kappa shape index (κ2) is 9.28. The molecule has 0 aromatic carbocycles. The number of ether oxygens (including phenoxy) is 2. The van der Waals surface area contributed by atoms with Crippen molar-refractivity contribution >= 4 is 23.5 Å². The van der Waals surface area contributed by atoms with E-state index in [9.17, 15) is 32.3 Å². The fourth-order valence-electron chi connectivity index (χ4n) is 8.40. The number of allylic oxidation sites excluding steroid dienone is 2. The molecule has 0 spiro atoms. The van der Waals surface area contributed by atoms with E-state index >= 15 is 0 Å². The van der Waals surface area contributed by atoms with E-state index in [-0.39, 0.29) is 53.4 Å². The Bertz CT molecular complexity index is 986. The summed E-state index contributed by atoms with van der Waals surface area (Å²) in [6, 6.07) is 0. The Labute approximate surface area is 209 Å². The van der Waals surface area contributed by atoms with Crippen molar-refractivity contribution in [2.45, 2.75) is 91.3 Å². The first kappa shape index (κ1) is 26.9. The van der Waals surface area contributed by atoms with E-state index in [1.54, 1.807) is 0 Å². The maximum atomic E-state index is 13.7. The highest BCUT2D eigenvalue weighted by molar-refractivity contribution is 5.95.